The summed E-state index contributed by atoms with van der Waals surface area (Å²) in [7, 11) is 0. The maximum atomic E-state index is 11.7. The number of ether oxygens (including phenoxy) is 2. The molecule has 0 aromatic heterocycles. The van der Waals surface area contributed by atoms with Gasteiger partial charge in [-0.1, -0.05) is 6.92 Å². The van der Waals surface area contributed by atoms with Crippen molar-refractivity contribution in [2.45, 2.75) is 19.4 Å². The fourth-order valence-corrected chi connectivity index (χ4v) is 2.09. The zero-order chi connectivity index (χ0) is 17.8. The van der Waals surface area contributed by atoms with Crippen LogP contribution in [0.5, 0.6) is 5.75 Å². The lowest BCUT2D eigenvalue weighted by Crippen LogP contribution is -2.38. The topological polar surface area (TPSA) is 99.5 Å². The van der Waals surface area contributed by atoms with Gasteiger partial charge in [-0.2, -0.15) is 0 Å². The van der Waals surface area contributed by atoms with Gasteiger partial charge in [-0.05, 0) is 30.7 Å². The molecule has 1 unspecified atom stereocenters. The predicted octanol–water partition coefficient (Wildman–Crippen LogP) is 0.280. The van der Waals surface area contributed by atoms with Crippen molar-refractivity contribution in [1.82, 2.24) is 4.90 Å². The zero-order valence-electron chi connectivity index (χ0n) is 14.1. The molecule has 0 heterocycles. The molecule has 0 fully saturated rings. The molecule has 0 aliphatic heterocycles. The second-order valence-corrected chi connectivity index (χ2v) is 5.37. The quantitative estimate of drug-likeness (QED) is 0.470. The molecule has 0 spiro atoms. The molecule has 1 atom stereocenters. The molecule has 0 aliphatic carbocycles. The molecule has 1 aromatic rings. The number of nitrogens with zero attached hydrogens (tertiary/aromatic N) is 1. The van der Waals surface area contributed by atoms with E-state index in [1.807, 2.05) is 6.92 Å². The third-order valence-corrected chi connectivity index (χ3v) is 3.27. The van der Waals surface area contributed by atoms with Crippen LogP contribution in [-0.4, -0.2) is 78.4 Å². The average molecular weight is 341 g/mol. The molecule has 0 saturated heterocycles. The smallest absolute Gasteiger partial charge is 0.338 e. The maximum absolute atomic E-state index is 11.7. The van der Waals surface area contributed by atoms with E-state index in [4.69, 9.17) is 19.7 Å². The number of carbonyl (C=O) groups is 1. The molecular weight excluding hydrogens is 314 g/mol. The van der Waals surface area contributed by atoms with Crippen LogP contribution in [0.25, 0.3) is 0 Å². The largest absolute Gasteiger partial charge is 0.491 e. The van der Waals surface area contributed by atoms with Crippen LogP contribution >= 0.6 is 0 Å². The Balaban J connectivity index is 2.42. The third-order valence-electron chi connectivity index (χ3n) is 3.27. The molecule has 24 heavy (non-hydrogen) atoms. The Morgan fingerprint density at radius 2 is 1.79 bits per heavy atom. The van der Waals surface area contributed by atoms with E-state index in [2.05, 4.69) is 0 Å². The molecule has 1 rings (SSSR count). The fourth-order valence-electron chi connectivity index (χ4n) is 2.09. The van der Waals surface area contributed by atoms with Crippen LogP contribution in [0.3, 0.4) is 0 Å². The van der Waals surface area contributed by atoms with Gasteiger partial charge in [0.25, 0.3) is 0 Å². The molecule has 0 amide bonds. The van der Waals surface area contributed by atoms with E-state index < -0.39 is 6.10 Å². The van der Waals surface area contributed by atoms with Crippen molar-refractivity contribution in [2.24, 2.45) is 0 Å². The van der Waals surface area contributed by atoms with E-state index >= 15 is 0 Å². The van der Waals surface area contributed by atoms with Crippen molar-refractivity contribution in [2.75, 3.05) is 46.1 Å². The summed E-state index contributed by atoms with van der Waals surface area (Å²) in [6.07, 6.45) is 0.0197. The van der Waals surface area contributed by atoms with Gasteiger partial charge in [0.05, 0.1) is 25.4 Å². The number of aliphatic hydroxyl groups is 3. The Morgan fingerprint density at radius 3 is 2.33 bits per heavy atom. The molecule has 0 saturated carbocycles. The molecule has 1 aromatic carbocycles. The van der Waals surface area contributed by atoms with Crippen LogP contribution < -0.4 is 4.74 Å². The standard InChI is InChI=1S/C17H27NO6/c1-2-11-23-17(22)14-3-5-16(6-4-14)24-13-15(21)12-18(7-9-19)8-10-20/h3-6,15,19-21H,2,7-13H2,1H3. The van der Waals surface area contributed by atoms with Crippen LogP contribution in [0.4, 0.5) is 0 Å². The van der Waals surface area contributed by atoms with Crippen molar-refractivity contribution >= 4 is 5.97 Å². The molecule has 7 heteroatoms. The number of rotatable bonds is 12. The summed E-state index contributed by atoms with van der Waals surface area (Å²) < 4.78 is 10.5. The van der Waals surface area contributed by atoms with Gasteiger partial charge in [0, 0.05) is 19.6 Å². The van der Waals surface area contributed by atoms with Gasteiger partial charge in [-0.3, -0.25) is 4.90 Å². The van der Waals surface area contributed by atoms with Gasteiger partial charge in [0.2, 0.25) is 0 Å². The third kappa shape index (κ3) is 7.74. The van der Waals surface area contributed by atoms with E-state index in [1.165, 1.54) is 0 Å². The van der Waals surface area contributed by atoms with Gasteiger partial charge in [-0.25, -0.2) is 4.79 Å². The Bertz CT molecular complexity index is 459. The normalized spacial score (nSPS) is 12.2. The number of aliphatic hydroxyl groups excluding tert-OH is 3. The molecule has 0 radical (unpaired) electrons. The lowest BCUT2D eigenvalue weighted by atomic mass is 10.2. The molecule has 3 N–H and O–H groups in total. The first-order valence-electron chi connectivity index (χ1n) is 8.12. The number of carbonyl (C=O) groups excluding carboxylic acids is 1. The van der Waals surface area contributed by atoms with Crippen LogP contribution in [0.15, 0.2) is 24.3 Å². The van der Waals surface area contributed by atoms with Crippen molar-refractivity contribution in [1.29, 1.82) is 0 Å². The lowest BCUT2D eigenvalue weighted by Gasteiger charge is -2.23. The van der Waals surface area contributed by atoms with Crippen LogP contribution in [0, 0.1) is 0 Å². The highest BCUT2D eigenvalue weighted by molar-refractivity contribution is 5.89. The van der Waals surface area contributed by atoms with Gasteiger partial charge in [-0.15, -0.1) is 0 Å². The van der Waals surface area contributed by atoms with Gasteiger partial charge < -0.3 is 24.8 Å². The molecule has 7 nitrogen and oxygen atoms in total. The van der Waals surface area contributed by atoms with E-state index in [0.29, 0.717) is 37.6 Å². The second-order valence-electron chi connectivity index (χ2n) is 5.37. The van der Waals surface area contributed by atoms with Crippen LogP contribution in [0.1, 0.15) is 23.7 Å². The Morgan fingerprint density at radius 1 is 1.17 bits per heavy atom. The van der Waals surface area contributed by atoms with E-state index in [-0.39, 0.29) is 25.8 Å². The molecule has 0 aliphatic rings. The van der Waals surface area contributed by atoms with Gasteiger partial charge in [0.1, 0.15) is 18.5 Å². The van der Waals surface area contributed by atoms with Crippen molar-refractivity contribution < 1.29 is 29.6 Å². The summed E-state index contributed by atoms with van der Waals surface area (Å²) >= 11 is 0. The number of hydrogen-bond donors (Lipinski definition) is 3. The fraction of sp³-hybridized carbons (Fsp3) is 0.588. The van der Waals surface area contributed by atoms with Crippen molar-refractivity contribution in [3.8, 4) is 5.75 Å². The summed E-state index contributed by atoms with van der Waals surface area (Å²) in [6.45, 7) is 3.37. The van der Waals surface area contributed by atoms with E-state index in [9.17, 15) is 9.90 Å². The summed E-state index contributed by atoms with van der Waals surface area (Å²) in [5.41, 5.74) is 0.452. The zero-order valence-corrected chi connectivity index (χ0v) is 14.1. The Hall–Kier alpha value is -1.67. The monoisotopic (exact) mass is 341 g/mol. The summed E-state index contributed by atoms with van der Waals surface area (Å²) in [5, 5.41) is 27.8. The van der Waals surface area contributed by atoms with E-state index in [1.54, 1.807) is 29.2 Å². The van der Waals surface area contributed by atoms with Crippen LogP contribution in [0.2, 0.25) is 0 Å². The number of benzene rings is 1. The first-order valence-corrected chi connectivity index (χ1v) is 8.12. The van der Waals surface area contributed by atoms with Crippen molar-refractivity contribution in [3.63, 3.8) is 0 Å². The first kappa shape index (κ1) is 20.4. The lowest BCUT2D eigenvalue weighted by molar-refractivity contribution is 0.0502. The SMILES string of the molecule is CCCOC(=O)c1ccc(OCC(O)CN(CCO)CCO)cc1. The molecule has 136 valence electrons. The van der Waals surface area contributed by atoms with Gasteiger partial charge >= 0.3 is 5.97 Å². The Labute approximate surface area is 142 Å². The summed E-state index contributed by atoms with van der Waals surface area (Å²) in [5.74, 6) is 0.170. The van der Waals surface area contributed by atoms with Crippen molar-refractivity contribution in [3.05, 3.63) is 29.8 Å². The minimum Gasteiger partial charge on any atom is -0.491 e. The highest BCUT2D eigenvalue weighted by Gasteiger charge is 2.12. The summed E-state index contributed by atoms with van der Waals surface area (Å²) in [6, 6.07) is 6.52. The van der Waals surface area contributed by atoms with Gasteiger partial charge in [0.15, 0.2) is 0 Å². The molecular formula is C17H27NO6. The highest BCUT2D eigenvalue weighted by atomic mass is 16.5. The minimum atomic E-state index is -0.753. The maximum Gasteiger partial charge on any atom is 0.338 e. The predicted molar refractivity (Wildman–Crippen MR) is 89.1 cm³/mol. The molecule has 0 bridgehead atoms. The van der Waals surface area contributed by atoms with Crippen LogP contribution in [-0.2, 0) is 4.74 Å². The average Bonchev–Trinajstić information content (AvgIpc) is 2.58. The number of esters is 1. The van der Waals surface area contributed by atoms with E-state index in [0.717, 1.165) is 6.42 Å². The first-order chi connectivity index (χ1) is 11.6. The summed E-state index contributed by atoms with van der Waals surface area (Å²) in [4.78, 5) is 13.4. The second kappa shape index (κ2) is 11.8. The highest BCUT2D eigenvalue weighted by Crippen LogP contribution is 2.13. The minimum absolute atomic E-state index is 0.0385. The Kier molecular flexibility index (Phi) is 10.0. The number of hydrogen-bond acceptors (Lipinski definition) is 7.